The number of nitrogens with zero attached hydrogens (tertiary/aromatic N) is 1. The van der Waals surface area contributed by atoms with Crippen molar-refractivity contribution in [3.63, 3.8) is 0 Å². The van der Waals surface area contributed by atoms with E-state index in [0.29, 0.717) is 23.0 Å². The summed E-state index contributed by atoms with van der Waals surface area (Å²) in [7, 11) is 0. The third-order valence-corrected chi connectivity index (χ3v) is 3.82. The molecule has 0 radical (unpaired) electrons. The zero-order valence-corrected chi connectivity index (χ0v) is 14.3. The highest BCUT2D eigenvalue weighted by Crippen LogP contribution is 2.20. The number of rotatable bonds is 6. The lowest BCUT2D eigenvalue weighted by molar-refractivity contribution is 0.0996. The number of furan rings is 1. The van der Waals surface area contributed by atoms with Gasteiger partial charge in [0, 0.05) is 11.3 Å². The molecule has 2 aromatic carbocycles. The molecule has 0 unspecified atom stereocenters. The average Bonchev–Trinajstić information content (AvgIpc) is 3.40. The van der Waals surface area contributed by atoms with Crippen LogP contribution in [-0.2, 0) is 6.61 Å². The molecule has 0 bridgehead atoms. The van der Waals surface area contributed by atoms with Gasteiger partial charge in [-0.15, -0.1) is 0 Å². The first-order valence-electron chi connectivity index (χ1n) is 8.35. The maximum Gasteiger partial charge on any atom is 0.291 e. The number of nitrogens with one attached hydrogen (secondary N) is 1. The largest absolute Gasteiger partial charge is 0.487 e. The number of hydrogen-bond donors (Lipinski definition) is 1. The molecule has 0 saturated carbocycles. The van der Waals surface area contributed by atoms with Gasteiger partial charge in [-0.1, -0.05) is 18.2 Å². The molecule has 0 spiro atoms. The van der Waals surface area contributed by atoms with Gasteiger partial charge in [0.2, 0.25) is 5.89 Å². The second-order valence-electron chi connectivity index (χ2n) is 5.75. The number of oxazole rings is 1. The van der Waals surface area contributed by atoms with Crippen LogP contribution in [0.4, 0.5) is 5.69 Å². The van der Waals surface area contributed by atoms with Crippen LogP contribution in [0.3, 0.4) is 0 Å². The number of benzene rings is 2. The molecule has 4 rings (SSSR count). The van der Waals surface area contributed by atoms with Crippen LogP contribution < -0.4 is 10.1 Å². The molecular formula is C21H16N2O4. The molecule has 0 aliphatic carbocycles. The second kappa shape index (κ2) is 7.61. The van der Waals surface area contributed by atoms with Crippen molar-refractivity contribution in [2.45, 2.75) is 6.61 Å². The minimum Gasteiger partial charge on any atom is -0.487 e. The Morgan fingerprint density at radius 3 is 2.52 bits per heavy atom. The molecule has 4 aromatic rings. The van der Waals surface area contributed by atoms with Crippen LogP contribution in [0.5, 0.6) is 5.75 Å². The van der Waals surface area contributed by atoms with E-state index in [4.69, 9.17) is 13.6 Å². The van der Waals surface area contributed by atoms with E-state index in [1.807, 2.05) is 30.3 Å². The minimum atomic E-state index is -0.301. The molecule has 6 heteroatoms. The minimum absolute atomic E-state index is 0.260. The lowest BCUT2D eigenvalue weighted by Gasteiger charge is -2.06. The fraction of sp³-hybridized carbons (Fsp3) is 0.0476. The van der Waals surface area contributed by atoms with Crippen molar-refractivity contribution >= 4 is 11.6 Å². The van der Waals surface area contributed by atoms with E-state index >= 15 is 0 Å². The molecule has 2 heterocycles. The Bertz CT molecular complexity index is 1010. The van der Waals surface area contributed by atoms with Crippen molar-refractivity contribution in [2.75, 3.05) is 5.32 Å². The summed E-state index contributed by atoms with van der Waals surface area (Å²) in [5.74, 6) is 1.18. The first-order valence-corrected chi connectivity index (χ1v) is 8.35. The van der Waals surface area contributed by atoms with Crippen molar-refractivity contribution < 1.29 is 18.4 Å². The van der Waals surface area contributed by atoms with Gasteiger partial charge in [-0.2, -0.15) is 0 Å². The van der Waals surface area contributed by atoms with Gasteiger partial charge >= 0.3 is 0 Å². The SMILES string of the molecule is O=C(Nc1ccc(OCc2coc(-c3ccccc3)n2)cc1)c1ccco1. The summed E-state index contributed by atoms with van der Waals surface area (Å²) >= 11 is 0. The van der Waals surface area contributed by atoms with E-state index in [1.54, 1.807) is 42.7 Å². The monoisotopic (exact) mass is 360 g/mol. The summed E-state index contributed by atoms with van der Waals surface area (Å²) in [6, 6.07) is 20.0. The molecule has 0 fully saturated rings. The lowest BCUT2D eigenvalue weighted by Crippen LogP contribution is -2.10. The summed E-state index contributed by atoms with van der Waals surface area (Å²) in [6.07, 6.45) is 3.04. The van der Waals surface area contributed by atoms with E-state index in [-0.39, 0.29) is 18.3 Å². The molecule has 6 nitrogen and oxygen atoms in total. The fourth-order valence-electron chi connectivity index (χ4n) is 2.48. The Hall–Kier alpha value is -3.80. The number of carbonyl (C=O) groups excluding carboxylic acids is 1. The molecule has 0 aliphatic rings. The van der Waals surface area contributed by atoms with Crippen LogP contribution in [0.2, 0.25) is 0 Å². The highest BCUT2D eigenvalue weighted by Gasteiger charge is 2.09. The molecule has 134 valence electrons. The molecule has 0 aliphatic heterocycles. The number of carbonyl (C=O) groups is 1. The van der Waals surface area contributed by atoms with Crippen molar-refractivity contribution in [3.8, 4) is 17.2 Å². The Morgan fingerprint density at radius 1 is 0.963 bits per heavy atom. The zero-order valence-electron chi connectivity index (χ0n) is 14.3. The predicted molar refractivity (Wildman–Crippen MR) is 99.4 cm³/mol. The highest BCUT2D eigenvalue weighted by atomic mass is 16.5. The Morgan fingerprint density at radius 2 is 1.78 bits per heavy atom. The first-order chi connectivity index (χ1) is 13.3. The Kier molecular flexibility index (Phi) is 4.70. The Labute approximate surface area is 155 Å². The smallest absolute Gasteiger partial charge is 0.291 e. The van der Waals surface area contributed by atoms with E-state index in [9.17, 15) is 4.79 Å². The van der Waals surface area contributed by atoms with Crippen LogP contribution in [0.15, 0.2) is 88.1 Å². The van der Waals surface area contributed by atoms with Crippen molar-refractivity contribution in [1.29, 1.82) is 0 Å². The average molecular weight is 360 g/mol. The molecular weight excluding hydrogens is 344 g/mol. The molecule has 2 aromatic heterocycles. The molecule has 1 amide bonds. The maximum absolute atomic E-state index is 11.9. The van der Waals surface area contributed by atoms with Gasteiger partial charge in [-0.25, -0.2) is 4.98 Å². The fourth-order valence-corrected chi connectivity index (χ4v) is 2.48. The number of ether oxygens (including phenoxy) is 1. The van der Waals surface area contributed by atoms with Crippen LogP contribution in [0.25, 0.3) is 11.5 Å². The van der Waals surface area contributed by atoms with Gasteiger partial charge < -0.3 is 18.9 Å². The maximum atomic E-state index is 11.9. The van der Waals surface area contributed by atoms with Gasteiger partial charge in [-0.3, -0.25) is 4.79 Å². The van der Waals surface area contributed by atoms with Crippen molar-refractivity contribution in [3.05, 3.63) is 90.7 Å². The number of hydrogen-bond acceptors (Lipinski definition) is 5. The predicted octanol–water partition coefficient (Wildman–Crippen LogP) is 4.77. The van der Waals surface area contributed by atoms with Gasteiger partial charge in [0.05, 0.1) is 6.26 Å². The summed E-state index contributed by atoms with van der Waals surface area (Å²) in [5, 5.41) is 2.75. The second-order valence-corrected chi connectivity index (χ2v) is 5.75. The standard InChI is InChI=1S/C21H16N2O4/c24-20(19-7-4-12-25-19)22-16-8-10-18(11-9-16)26-13-17-14-27-21(23-17)15-5-2-1-3-6-15/h1-12,14H,13H2,(H,22,24). The lowest BCUT2D eigenvalue weighted by atomic mass is 10.2. The molecule has 1 N–H and O–H groups in total. The van der Waals surface area contributed by atoms with Crippen molar-refractivity contribution in [1.82, 2.24) is 4.98 Å². The Balaban J connectivity index is 1.34. The highest BCUT2D eigenvalue weighted by molar-refractivity contribution is 6.02. The van der Waals surface area contributed by atoms with Gasteiger partial charge in [-0.05, 0) is 48.5 Å². The number of anilines is 1. The van der Waals surface area contributed by atoms with Gasteiger partial charge in [0.25, 0.3) is 5.91 Å². The van der Waals surface area contributed by atoms with E-state index in [0.717, 1.165) is 5.56 Å². The first kappa shape index (κ1) is 16.7. The van der Waals surface area contributed by atoms with Crippen molar-refractivity contribution in [2.24, 2.45) is 0 Å². The topological polar surface area (TPSA) is 77.5 Å². The van der Waals surface area contributed by atoms with E-state index in [1.165, 1.54) is 6.26 Å². The summed E-state index contributed by atoms with van der Waals surface area (Å²) in [4.78, 5) is 16.4. The summed E-state index contributed by atoms with van der Waals surface area (Å²) in [6.45, 7) is 0.286. The van der Waals surface area contributed by atoms with Crippen LogP contribution >= 0.6 is 0 Å². The molecule has 0 atom stereocenters. The van der Waals surface area contributed by atoms with Crippen LogP contribution in [-0.4, -0.2) is 10.9 Å². The summed E-state index contributed by atoms with van der Waals surface area (Å²) in [5.41, 5.74) is 2.26. The van der Waals surface area contributed by atoms with Gasteiger partial charge in [0.1, 0.15) is 24.3 Å². The number of aromatic nitrogens is 1. The van der Waals surface area contributed by atoms with Crippen LogP contribution in [0.1, 0.15) is 16.2 Å². The quantitative estimate of drug-likeness (QED) is 0.536. The number of amides is 1. The summed E-state index contributed by atoms with van der Waals surface area (Å²) < 4.78 is 16.3. The van der Waals surface area contributed by atoms with E-state index < -0.39 is 0 Å². The van der Waals surface area contributed by atoms with Crippen LogP contribution in [0, 0.1) is 0 Å². The third-order valence-electron chi connectivity index (χ3n) is 3.82. The molecule has 27 heavy (non-hydrogen) atoms. The zero-order chi connectivity index (χ0) is 18.5. The van der Waals surface area contributed by atoms with E-state index in [2.05, 4.69) is 10.3 Å². The molecule has 0 saturated heterocycles. The normalized spacial score (nSPS) is 10.5. The van der Waals surface area contributed by atoms with Gasteiger partial charge in [0.15, 0.2) is 5.76 Å². The third kappa shape index (κ3) is 4.07.